The second-order valence-corrected chi connectivity index (χ2v) is 8.23. The van der Waals surface area contributed by atoms with Crippen LogP contribution in [0, 0.1) is 6.92 Å². The zero-order chi connectivity index (χ0) is 20.9. The lowest BCUT2D eigenvalue weighted by Gasteiger charge is -2.46. The molecule has 1 aromatic rings. The van der Waals surface area contributed by atoms with Crippen LogP contribution in [0.1, 0.15) is 61.3 Å². The number of nitrogens with zero attached hydrogens (tertiary/aromatic N) is 2. The molecule has 1 spiro atoms. The number of methoxy groups -OCH3 is 1. The van der Waals surface area contributed by atoms with Gasteiger partial charge in [0.1, 0.15) is 5.76 Å². The molecule has 0 radical (unpaired) electrons. The van der Waals surface area contributed by atoms with Crippen molar-refractivity contribution in [3.63, 3.8) is 0 Å². The molecule has 0 saturated carbocycles. The van der Waals surface area contributed by atoms with Crippen LogP contribution in [-0.2, 0) is 25.6 Å². The molecule has 1 atom stereocenters. The van der Waals surface area contributed by atoms with Crippen LogP contribution in [0.25, 0.3) is 0 Å². The first-order valence-electron chi connectivity index (χ1n) is 10.5. The number of aryl methyl sites for hydroxylation is 1. The molecule has 2 aliphatic heterocycles. The fraction of sp³-hybridized carbons (Fsp3) is 0.810. The first-order valence-corrected chi connectivity index (χ1v) is 10.5. The van der Waals surface area contributed by atoms with Crippen LogP contribution in [0.5, 0.6) is 0 Å². The van der Waals surface area contributed by atoms with Gasteiger partial charge in [0, 0.05) is 33.2 Å². The highest BCUT2D eigenvalue weighted by molar-refractivity contribution is 5.93. The van der Waals surface area contributed by atoms with Crippen molar-refractivity contribution in [2.45, 2.75) is 70.9 Å². The molecule has 164 valence electrons. The quantitative estimate of drug-likeness (QED) is 0.609. The van der Waals surface area contributed by atoms with Crippen molar-refractivity contribution in [3.05, 3.63) is 17.0 Å². The number of piperidine rings is 1. The molecule has 2 aliphatic rings. The molecule has 8 heteroatoms. The van der Waals surface area contributed by atoms with E-state index in [0.29, 0.717) is 51.0 Å². The summed E-state index contributed by atoms with van der Waals surface area (Å²) < 4.78 is 28.2. The number of likely N-dealkylation sites (tertiary alicyclic amines) is 1. The molecule has 0 aromatic carbocycles. The van der Waals surface area contributed by atoms with Gasteiger partial charge in [-0.15, -0.1) is 0 Å². The summed E-state index contributed by atoms with van der Waals surface area (Å²) in [7, 11) is 1.60. The van der Waals surface area contributed by atoms with Gasteiger partial charge in [-0.1, -0.05) is 5.16 Å². The van der Waals surface area contributed by atoms with E-state index in [1.165, 1.54) is 0 Å². The maximum Gasteiger partial charge on any atom is 0.276 e. The molecule has 2 fully saturated rings. The normalized spacial score (nSPS) is 21.8. The minimum absolute atomic E-state index is 0.0989. The van der Waals surface area contributed by atoms with Gasteiger partial charge in [0.2, 0.25) is 0 Å². The maximum absolute atomic E-state index is 12.9. The number of hydrogen-bond acceptors (Lipinski definition) is 7. The topological polar surface area (TPSA) is 83.3 Å². The number of carbonyl (C=O) groups excluding carboxylic acids is 1. The second kappa shape index (κ2) is 10.0. The first-order chi connectivity index (χ1) is 13.9. The van der Waals surface area contributed by atoms with E-state index in [1.54, 1.807) is 14.0 Å². The molecular formula is C21H34N2O6. The third-order valence-electron chi connectivity index (χ3n) is 5.77. The predicted octanol–water partition coefficient (Wildman–Crippen LogP) is 2.72. The molecule has 0 bridgehead atoms. The lowest BCUT2D eigenvalue weighted by Crippen LogP contribution is -2.52. The summed E-state index contributed by atoms with van der Waals surface area (Å²) in [5.74, 6) is 0.527. The minimum atomic E-state index is -0.201. The van der Waals surface area contributed by atoms with E-state index in [2.05, 4.69) is 5.16 Å². The molecule has 3 rings (SSSR count). The average Bonchev–Trinajstić information content (AvgIpc) is 3.06. The number of hydrogen-bond donors (Lipinski definition) is 0. The number of ether oxygens (including phenoxy) is 4. The van der Waals surface area contributed by atoms with Gasteiger partial charge < -0.3 is 28.4 Å². The Morgan fingerprint density at radius 1 is 1.31 bits per heavy atom. The van der Waals surface area contributed by atoms with E-state index in [-0.39, 0.29) is 23.7 Å². The van der Waals surface area contributed by atoms with Crippen molar-refractivity contribution < 1.29 is 28.3 Å². The molecule has 1 amide bonds. The van der Waals surface area contributed by atoms with Crippen molar-refractivity contribution in [1.82, 2.24) is 10.1 Å². The van der Waals surface area contributed by atoms with Gasteiger partial charge in [0.15, 0.2) is 5.69 Å². The molecule has 29 heavy (non-hydrogen) atoms. The van der Waals surface area contributed by atoms with Crippen molar-refractivity contribution in [2.75, 3.05) is 40.0 Å². The number of aromatic nitrogens is 1. The maximum atomic E-state index is 12.9. The predicted molar refractivity (Wildman–Crippen MR) is 106 cm³/mol. The summed E-state index contributed by atoms with van der Waals surface area (Å²) in [5.41, 5.74) is 0.883. The van der Waals surface area contributed by atoms with Crippen molar-refractivity contribution in [3.8, 4) is 0 Å². The number of rotatable bonds is 8. The van der Waals surface area contributed by atoms with Crippen molar-refractivity contribution in [1.29, 1.82) is 0 Å². The molecule has 0 aliphatic carbocycles. The smallest absolute Gasteiger partial charge is 0.276 e. The zero-order valence-electron chi connectivity index (χ0n) is 18.1. The third-order valence-corrected chi connectivity index (χ3v) is 5.77. The van der Waals surface area contributed by atoms with Crippen LogP contribution in [0.15, 0.2) is 4.52 Å². The summed E-state index contributed by atoms with van der Waals surface area (Å²) in [6.07, 6.45) is 3.79. The van der Waals surface area contributed by atoms with Crippen LogP contribution in [0.2, 0.25) is 0 Å². The monoisotopic (exact) mass is 410 g/mol. The van der Waals surface area contributed by atoms with E-state index in [0.717, 1.165) is 31.2 Å². The molecule has 2 saturated heterocycles. The lowest BCUT2D eigenvalue weighted by atomic mass is 9.83. The fourth-order valence-corrected chi connectivity index (χ4v) is 4.11. The third kappa shape index (κ3) is 5.57. The van der Waals surface area contributed by atoms with Crippen LogP contribution in [0.3, 0.4) is 0 Å². The Kier molecular flexibility index (Phi) is 7.67. The average molecular weight is 411 g/mol. The minimum Gasteiger partial charge on any atom is -0.380 e. The number of amides is 1. The summed E-state index contributed by atoms with van der Waals surface area (Å²) >= 11 is 0. The molecule has 8 nitrogen and oxygen atoms in total. The van der Waals surface area contributed by atoms with E-state index >= 15 is 0 Å². The summed E-state index contributed by atoms with van der Waals surface area (Å²) in [6, 6.07) is 0. The summed E-state index contributed by atoms with van der Waals surface area (Å²) in [5, 5.41) is 3.97. The molecule has 1 aromatic heterocycles. The van der Waals surface area contributed by atoms with Gasteiger partial charge in [0.25, 0.3) is 5.91 Å². The lowest BCUT2D eigenvalue weighted by molar-refractivity contribution is -0.156. The van der Waals surface area contributed by atoms with Gasteiger partial charge in [-0.25, -0.2) is 0 Å². The Labute approximate surface area is 172 Å². The van der Waals surface area contributed by atoms with Gasteiger partial charge in [0.05, 0.1) is 43.2 Å². The Morgan fingerprint density at radius 2 is 2.07 bits per heavy atom. The Morgan fingerprint density at radius 3 is 2.76 bits per heavy atom. The number of carbonyl (C=O) groups is 1. The van der Waals surface area contributed by atoms with E-state index in [9.17, 15) is 4.79 Å². The van der Waals surface area contributed by atoms with Crippen LogP contribution in [0.4, 0.5) is 0 Å². The summed E-state index contributed by atoms with van der Waals surface area (Å²) in [6.45, 7) is 9.37. The highest BCUT2D eigenvalue weighted by Gasteiger charge is 2.42. The van der Waals surface area contributed by atoms with Crippen LogP contribution in [-0.4, -0.2) is 73.8 Å². The van der Waals surface area contributed by atoms with E-state index in [1.807, 2.05) is 18.7 Å². The van der Waals surface area contributed by atoms with Crippen molar-refractivity contribution in [2.24, 2.45) is 0 Å². The van der Waals surface area contributed by atoms with Gasteiger partial charge in [-0.2, -0.15) is 0 Å². The highest BCUT2D eigenvalue weighted by Crippen LogP contribution is 2.36. The van der Waals surface area contributed by atoms with Gasteiger partial charge in [-0.3, -0.25) is 4.79 Å². The standard InChI is InChI=1S/C21H34N2O6/c1-15(2)26-11-12-27-17-5-10-28-21(13-17)6-8-23(9-7-21)20(24)19-18(14-25-4)16(3)29-22-19/h15,17H,5-14H2,1-4H3. The van der Waals surface area contributed by atoms with Crippen LogP contribution < -0.4 is 0 Å². The SMILES string of the molecule is COCc1c(C(=O)N2CCC3(CC2)CC(OCCOC(C)C)CCO3)noc1C. The highest BCUT2D eigenvalue weighted by atomic mass is 16.5. The van der Waals surface area contributed by atoms with Gasteiger partial charge in [-0.05, 0) is 40.0 Å². The zero-order valence-corrected chi connectivity index (χ0v) is 18.1. The molecular weight excluding hydrogens is 376 g/mol. The van der Waals surface area contributed by atoms with Crippen LogP contribution >= 0.6 is 0 Å². The Bertz CT molecular complexity index is 666. The molecule has 3 heterocycles. The Hall–Kier alpha value is -1.48. The van der Waals surface area contributed by atoms with Crippen molar-refractivity contribution >= 4 is 5.91 Å². The molecule has 0 N–H and O–H groups in total. The van der Waals surface area contributed by atoms with E-state index < -0.39 is 0 Å². The second-order valence-electron chi connectivity index (χ2n) is 8.23. The first kappa shape index (κ1) is 22.2. The molecule has 1 unspecified atom stereocenters. The fourth-order valence-electron chi connectivity index (χ4n) is 4.11. The van der Waals surface area contributed by atoms with E-state index in [4.69, 9.17) is 23.5 Å². The van der Waals surface area contributed by atoms with Gasteiger partial charge >= 0.3 is 0 Å². The largest absolute Gasteiger partial charge is 0.380 e. The Balaban J connectivity index is 1.52. The summed E-state index contributed by atoms with van der Waals surface area (Å²) in [4.78, 5) is 14.8.